The second-order valence-electron chi connectivity index (χ2n) is 5.99. The number of alkyl halides is 3. The number of anilines is 1. The maximum Gasteiger partial charge on any atom is 0.433 e. The topological polar surface area (TPSA) is 74.2 Å². The molecule has 0 aliphatic rings. The minimum atomic E-state index is -4.55. The molecular weight excluding hydrogens is 395 g/mol. The second-order valence-corrected chi connectivity index (χ2v) is 5.99. The summed E-state index contributed by atoms with van der Waals surface area (Å²) < 4.78 is 64.4. The number of nitrogens with one attached hydrogen (secondary N) is 3. The first kappa shape index (κ1) is 22.3. The highest BCUT2D eigenvalue weighted by Gasteiger charge is 2.32. The number of aromatic nitrogens is 2. The van der Waals surface area contributed by atoms with Crippen molar-refractivity contribution in [2.75, 3.05) is 25.0 Å². The quantitative estimate of drug-likeness (QED) is 0.279. The monoisotopic (exact) mass is 416 g/mol. The van der Waals surface area contributed by atoms with Crippen LogP contribution in [-0.2, 0) is 6.18 Å². The van der Waals surface area contributed by atoms with Crippen molar-refractivity contribution in [3.63, 3.8) is 0 Å². The molecule has 158 valence electrons. The van der Waals surface area contributed by atoms with Gasteiger partial charge in [0.2, 0.25) is 5.95 Å². The Morgan fingerprint density at radius 2 is 1.93 bits per heavy atom. The molecule has 29 heavy (non-hydrogen) atoms. The number of rotatable bonds is 7. The Kier molecular flexibility index (Phi) is 7.68. The van der Waals surface area contributed by atoms with Gasteiger partial charge in [-0.25, -0.2) is 18.7 Å². The van der Waals surface area contributed by atoms with Crippen molar-refractivity contribution in [3.05, 3.63) is 53.4 Å². The molecule has 0 fully saturated rings. The fourth-order valence-electron chi connectivity index (χ4n) is 2.33. The molecule has 6 nitrogen and oxygen atoms in total. The van der Waals surface area contributed by atoms with Crippen LogP contribution < -0.4 is 16.0 Å². The SMILES string of the molecule is CCNC(=NCCNc1nccc(C(F)(F)F)n1)NC(C)c1ccc(F)c(F)c1. The Hall–Kier alpha value is -2.98. The molecule has 1 aromatic carbocycles. The van der Waals surface area contributed by atoms with Gasteiger partial charge in [0.05, 0.1) is 12.6 Å². The number of hydrogen-bond acceptors (Lipinski definition) is 4. The van der Waals surface area contributed by atoms with Gasteiger partial charge in [-0.1, -0.05) is 6.07 Å². The van der Waals surface area contributed by atoms with Crippen LogP contribution in [0.5, 0.6) is 0 Å². The molecule has 11 heteroatoms. The van der Waals surface area contributed by atoms with Gasteiger partial charge >= 0.3 is 6.18 Å². The summed E-state index contributed by atoms with van der Waals surface area (Å²) in [6, 6.07) is 4.04. The average molecular weight is 416 g/mol. The number of hydrogen-bond donors (Lipinski definition) is 3. The average Bonchev–Trinajstić information content (AvgIpc) is 2.67. The number of guanidine groups is 1. The fraction of sp³-hybridized carbons (Fsp3) is 0.389. The van der Waals surface area contributed by atoms with Crippen molar-refractivity contribution in [2.24, 2.45) is 4.99 Å². The third kappa shape index (κ3) is 6.84. The zero-order chi connectivity index (χ0) is 21.4. The lowest BCUT2D eigenvalue weighted by molar-refractivity contribution is -0.141. The van der Waals surface area contributed by atoms with Crippen LogP contribution in [-0.4, -0.2) is 35.6 Å². The smallest absolute Gasteiger partial charge is 0.357 e. The lowest BCUT2D eigenvalue weighted by atomic mass is 10.1. The van der Waals surface area contributed by atoms with Crippen molar-refractivity contribution in [2.45, 2.75) is 26.1 Å². The molecule has 2 aromatic rings. The fourth-order valence-corrected chi connectivity index (χ4v) is 2.33. The first-order valence-electron chi connectivity index (χ1n) is 8.84. The van der Waals surface area contributed by atoms with Gasteiger partial charge in [-0.2, -0.15) is 13.2 Å². The minimum absolute atomic E-state index is 0.150. The number of aliphatic imine (C=N–C) groups is 1. The molecule has 0 amide bonds. The van der Waals surface area contributed by atoms with E-state index >= 15 is 0 Å². The van der Waals surface area contributed by atoms with Gasteiger partial charge in [0.25, 0.3) is 0 Å². The van der Waals surface area contributed by atoms with E-state index in [2.05, 4.69) is 30.9 Å². The van der Waals surface area contributed by atoms with Crippen molar-refractivity contribution < 1.29 is 22.0 Å². The van der Waals surface area contributed by atoms with E-state index in [-0.39, 0.29) is 25.1 Å². The van der Waals surface area contributed by atoms with Gasteiger partial charge in [-0.3, -0.25) is 4.99 Å². The van der Waals surface area contributed by atoms with Gasteiger partial charge in [0, 0.05) is 19.3 Å². The molecule has 1 heterocycles. The Morgan fingerprint density at radius 1 is 1.17 bits per heavy atom. The number of halogens is 5. The summed E-state index contributed by atoms with van der Waals surface area (Å²) in [5.41, 5.74) is -0.501. The lowest BCUT2D eigenvalue weighted by Crippen LogP contribution is -2.39. The zero-order valence-corrected chi connectivity index (χ0v) is 15.8. The summed E-state index contributed by atoms with van der Waals surface area (Å²) in [4.78, 5) is 11.4. The van der Waals surface area contributed by atoms with Crippen LogP contribution in [0.25, 0.3) is 0 Å². The molecule has 1 atom stereocenters. The summed E-state index contributed by atoms with van der Waals surface area (Å²) >= 11 is 0. The molecule has 1 aromatic heterocycles. The third-order valence-corrected chi connectivity index (χ3v) is 3.75. The van der Waals surface area contributed by atoms with E-state index in [0.717, 1.165) is 24.4 Å². The molecule has 1 unspecified atom stereocenters. The Balaban J connectivity index is 1.94. The highest BCUT2D eigenvalue weighted by Crippen LogP contribution is 2.27. The minimum Gasteiger partial charge on any atom is -0.357 e. The van der Waals surface area contributed by atoms with Crippen molar-refractivity contribution in [1.82, 2.24) is 20.6 Å². The lowest BCUT2D eigenvalue weighted by Gasteiger charge is -2.18. The summed E-state index contributed by atoms with van der Waals surface area (Å²) in [7, 11) is 0. The summed E-state index contributed by atoms with van der Waals surface area (Å²) in [5.74, 6) is -1.60. The molecule has 0 saturated heterocycles. The van der Waals surface area contributed by atoms with Gasteiger partial charge < -0.3 is 16.0 Å². The van der Waals surface area contributed by atoms with Gasteiger partial charge in [-0.15, -0.1) is 0 Å². The molecule has 0 aliphatic heterocycles. The second kappa shape index (κ2) is 9.99. The molecular formula is C18H21F5N6. The van der Waals surface area contributed by atoms with Crippen LogP contribution in [0.1, 0.15) is 31.1 Å². The van der Waals surface area contributed by atoms with Crippen LogP contribution in [0.2, 0.25) is 0 Å². The summed E-state index contributed by atoms with van der Waals surface area (Å²) in [5, 5.41) is 8.73. The maximum absolute atomic E-state index is 13.4. The molecule has 0 bridgehead atoms. The highest BCUT2D eigenvalue weighted by atomic mass is 19.4. The van der Waals surface area contributed by atoms with Crippen LogP contribution >= 0.6 is 0 Å². The van der Waals surface area contributed by atoms with E-state index in [1.807, 2.05) is 6.92 Å². The number of benzene rings is 1. The molecule has 0 aliphatic carbocycles. The standard InChI is InChI=1S/C18H21F5N6/c1-3-24-16(28-11(2)12-4-5-13(19)14(20)10-12)26-8-9-27-17-25-7-6-15(29-17)18(21,22)23/h4-7,10-11H,3,8-9H2,1-2H3,(H2,24,26,28)(H,25,27,29). The van der Waals surface area contributed by atoms with E-state index in [0.29, 0.717) is 18.1 Å². The zero-order valence-electron chi connectivity index (χ0n) is 15.8. The largest absolute Gasteiger partial charge is 0.433 e. The van der Waals surface area contributed by atoms with Crippen LogP contribution in [0.4, 0.5) is 27.9 Å². The normalized spacial score (nSPS) is 13.1. The molecule has 3 N–H and O–H groups in total. The Bertz CT molecular complexity index is 840. The Labute approximate surface area is 164 Å². The van der Waals surface area contributed by atoms with Crippen molar-refractivity contribution >= 4 is 11.9 Å². The molecule has 0 radical (unpaired) electrons. The van der Waals surface area contributed by atoms with Crippen LogP contribution in [0.3, 0.4) is 0 Å². The van der Waals surface area contributed by atoms with E-state index in [1.165, 1.54) is 6.07 Å². The van der Waals surface area contributed by atoms with Gasteiger partial charge in [0.1, 0.15) is 5.69 Å². The van der Waals surface area contributed by atoms with Gasteiger partial charge in [0.15, 0.2) is 17.6 Å². The highest BCUT2D eigenvalue weighted by molar-refractivity contribution is 5.80. The first-order valence-corrected chi connectivity index (χ1v) is 8.84. The molecule has 0 saturated carbocycles. The maximum atomic E-state index is 13.4. The van der Waals surface area contributed by atoms with Crippen LogP contribution in [0, 0.1) is 11.6 Å². The van der Waals surface area contributed by atoms with E-state index < -0.39 is 23.5 Å². The van der Waals surface area contributed by atoms with Crippen molar-refractivity contribution in [1.29, 1.82) is 0 Å². The summed E-state index contributed by atoms with van der Waals surface area (Å²) in [6.45, 7) is 4.57. The predicted molar refractivity (Wildman–Crippen MR) is 99.4 cm³/mol. The van der Waals surface area contributed by atoms with Gasteiger partial charge in [-0.05, 0) is 37.6 Å². The van der Waals surface area contributed by atoms with E-state index in [4.69, 9.17) is 0 Å². The Morgan fingerprint density at radius 3 is 2.59 bits per heavy atom. The first-order chi connectivity index (χ1) is 13.7. The van der Waals surface area contributed by atoms with Crippen molar-refractivity contribution in [3.8, 4) is 0 Å². The summed E-state index contributed by atoms with van der Waals surface area (Å²) in [6.07, 6.45) is -3.52. The predicted octanol–water partition coefficient (Wildman–Crippen LogP) is 3.50. The van der Waals surface area contributed by atoms with Crippen LogP contribution in [0.15, 0.2) is 35.5 Å². The molecule has 0 spiro atoms. The van der Waals surface area contributed by atoms with E-state index in [9.17, 15) is 22.0 Å². The third-order valence-electron chi connectivity index (χ3n) is 3.75. The van der Waals surface area contributed by atoms with E-state index in [1.54, 1.807) is 6.92 Å². The number of nitrogens with zero attached hydrogens (tertiary/aromatic N) is 3. The molecule has 2 rings (SSSR count).